The summed E-state index contributed by atoms with van der Waals surface area (Å²) in [4.78, 5) is 34.3. The molecule has 2 amide bonds. The van der Waals surface area contributed by atoms with Gasteiger partial charge in [0.15, 0.2) is 0 Å². The summed E-state index contributed by atoms with van der Waals surface area (Å²) in [6.45, 7) is 4.49. The number of piperidine rings is 1. The van der Waals surface area contributed by atoms with Crippen LogP contribution in [0.2, 0.25) is 0 Å². The SMILES string of the molecule is Cc1cccc(CN2CCC3(CCCN(C(=O)Cc4ccn(C)n4)C3)C2=O)n1. The number of hydrogen-bond donors (Lipinski definition) is 0. The van der Waals surface area contributed by atoms with E-state index in [1.807, 2.05) is 54.2 Å². The molecule has 2 aliphatic heterocycles. The fourth-order valence-electron chi connectivity index (χ4n) is 4.47. The van der Waals surface area contributed by atoms with E-state index >= 15 is 0 Å². The number of likely N-dealkylation sites (tertiary alicyclic amines) is 2. The molecular weight excluding hydrogens is 354 g/mol. The second-order valence-corrected chi connectivity index (χ2v) is 8.10. The topological polar surface area (TPSA) is 71.3 Å². The lowest BCUT2D eigenvalue weighted by Gasteiger charge is -2.39. The summed E-state index contributed by atoms with van der Waals surface area (Å²) >= 11 is 0. The third-order valence-corrected chi connectivity index (χ3v) is 5.93. The summed E-state index contributed by atoms with van der Waals surface area (Å²) in [5.74, 6) is 0.232. The lowest BCUT2D eigenvalue weighted by molar-refractivity contribution is -0.143. The largest absolute Gasteiger partial charge is 0.341 e. The second-order valence-electron chi connectivity index (χ2n) is 8.10. The third-order valence-electron chi connectivity index (χ3n) is 5.93. The molecule has 0 saturated carbocycles. The van der Waals surface area contributed by atoms with Gasteiger partial charge in [-0.05, 0) is 44.4 Å². The van der Waals surface area contributed by atoms with E-state index in [1.165, 1.54) is 0 Å². The summed E-state index contributed by atoms with van der Waals surface area (Å²) in [6.07, 6.45) is 4.68. The van der Waals surface area contributed by atoms with Crippen LogP contribution in [0.3, 0.4) is 0 Å². The minimum Gasteiger partial charge on any atom is -0.341 e. The summed E-state index contributed by atoms with van der Waals surface area (Å²) in [5.41, 5.74) is 2.23. The predicted octanol–water partition coefficient (Wildman–Crippen LogP) is 1.71. The summed E-state index contributed by atoms with van der Waals surface area (Å²) < 4.78 is 1.71. The highest BCUT2D eigenvalue weighted by molar-refractivity contribution is 5.86. The van der Waals surface area contributed by atoms with Gasteiger partial charge in [-0.2, -0.15) is 5.10 Å². The van der Waals surface area contributed by atoms with Gasteiger partial charge in [-0.25, -0.2) is 0 Å². The van der Waals surface area contributed by atoms with Crippen molar-refractivity contribution < 1.29 is 9.59 Å². The van der Waals surface area contributed by atoms with Crippen molar-refractivity contribution in [3.63, 3.8) is 0 Å². The molecule has 0 radical (unpaired) electrons. The summed E-state index contributed by atoms with van der Waals surface area (Å²) in [6, 6.07) is 7.78. The first-order chi connectivity index (χ1) is 13.4. The van der Waals surface area contributed by atoms with E-state index in [9.17, 15) is 9.59 Å². The molecule has 148 valence electrons. The van der Waals surface area contributed by atoms with Crippen molar-refractivity contribution in [2.45, 2.75) is 39.2 Å². The van der Waals surface area contributed by atoms with Crippen LogP contribution in [0.25, 0.3) is 0 Å². The van der Waals surface area contributed by atoms with Gasteiger partial charge in [0.05, 0.1) is 29.8 Å². The van der Waals surface area contributed by atoms with Crippen LogP contribution in [0.5, 0.6) is 0 Å². The summed E-state index contributed by atoms with van der Waals surface area (Å²) in [7, 11) is 1.85. The fourth-order valence-corrected chi connectivity index (χ4v) is 4.47. The zero-order valence-corrected chi connectivity index (χ0v) is 16.6. The van der Waals surface area contributed by atoms with E-state index in [1.54, 1.807) is 4.68 Å². The zero-order chi connectivity index (χ0) is 19.7. The molecular formula is C21H27N5O2. The van der Waals surface area contributed by atoms with E-state index in [2.05, 4.69) is 10.1 Å². The number of aryl methyl sites for hydroxylation is 2. The van der Waals surface area contributed by atoms with Gasteiger partial charge in [-0.3, -0.25) is 19.3 Å². The van der Waals surface area contributed by atoms with Crippen LogP contribution >= 0.6 is 0 Å². The molecule has 0 bridgehead atoms. The number of nitrogens with zero attached hydrogens (tertiary/aromatic N) is 5. The van der Waals surface area contributed by atoms with E-state index in [4.69, 9.17) is 0 Å². The molecule has 2 fully saturated rings. The normalized spacial score (nSPS) is 22.3. The number of carbonyl (C=O) groups is 2. The van der Waals surface area contributed by atoms with Gasteiger partial charge in [0.25, 0.3) is 0 Å². The van der Waals surface area contributed by atoms with Crippen LogP contribution in [0.1, 0.15) is 36.3 Å². The number of rotatable bonds is 4. The lowest BCUT2D eigenvalue weighted by atomic mass is 9.78. The Labute approximate surface area is 165 Å². The van der Waals surface area contributed by atoms with Crippen LogP contribution < -0.4 is 0 Å². The van der Waals surface area contributed by atoms with Crippen LogP contribution in [0.4, 0.5) is 0 Å². The number of carbonyl (C=O) groups excluding carboxylic acids is 2. The minimum atomic E-state index is -0.429. The van der Waals surface area contributed by atoms with E-state index in [0.717, 1.165) is 49.4 Å². The Kier molecular flexibility index (Phi) is 4.91. The van der Waals surface area contributed by atoms with Crippen molar-refractivity contribution in [2.24, 2.45) is 12.5 Å². The van der Waals surface area contributed by atoms with Gasteiger partial charge >= 0.3 is 0 Å². The third kappa shape index (κ3) is 3.66. The van der Waals surface area contributed by atoms with Gasteiger partial charge in [-0.15, -0.1) is 0 Å². The Hall–Kier alpha value is -2.70. The first-order valence-corrected chi connectivity index (χ1v) is 9.93. The van der Waals surface area contributed by atoms with E-state index in [0.29, 0.717) is 19.5 Å². The number of hydrogen-bond acceptors (Lipinski definition) is 4. The highest BCUT2D eigenvalue weighted by Gasteiger charge is 2.49. The van der Waals surface area contributed by atoms with Crippen molar-refractivity contribution in [1.29, 1.82) is 0 Å². The highest BCUT2D eigenvalue weighted by Crippen LogP contribution is 2.40. The number of amides is 2. The minimum absolute atomic E-state index is 0.0596. The van der Waals surface area contributed by atoms with Crippen LogP contribution in [-0.2, 0) is 29.6 Å². The molecule has 0 aromatic carbocycles. The maximum atomic E-state index is 13.2. The summed E-state index contributed by atoms with van der Waals surface area (Å²) in [5, 5.41) is 4.30. The van der Waals surface area contributed by atoms with Gasteiger partial charge in [0.1, 0.15) is 0 Å². The quantitative estimate of drug-likeness (QED) is 0.808. The molecule has 4 heterocycles. The molecule has 0 N–H and O–H groups in total. The zero-order valence-electron chi connectivity index (χ0n) is 16.6. The van der Waals surface area contributed by atoms with Crippen LogP contribution in [0, 0.1) is 12.3 Å². The molecule has 0 aliphatic carbocycles. The van der Waals surface area contributed by atoms with E-state index in [-0.39, 0.29) is 11.8 Å². The molecule has 7 heteroatoms. The highest BCUT2D eigenvalue weighted by atomic mass is 16.2. The van der Waals surface area contributed by atoms with Crippen molar-refractivity contribution in [3.05, 3.63) is 47.5 Å². The maximum absolute atomic E-state index is 13.2. The monoisotopic (exact) mass is 381 g/mol. The van der Waals surface area contributed by atoms with Crippen molar-refractivity contribution >= 4 is 11.8 Å². The first-order valence-electron chi connectivity index (χ1n) is 9.93. The van der Waals surface area contributed by atoms with Gasteiger partial charge in [0, 0.05) is 38.6 Å². The Balaban J connectivity index is 1.42. The molecule has 2 saturated heterocycles. The van der Waals surface area contributed by atoms with Crippen molar-refractivity contribution in [2.75, 3.05) is 19.6 Å². The molecule has 28 heavy (non-hydrogen) atoms. The molecule has 2 aromatic rings. The standard InChI is InChI=1S/C21H27N5O2/c1-16-5-3-6-18(22-16)14-25-12-9-21(20(25)28)8-4-10-26(15-21)19(27)13-17-7-11-24(2)23-17/h3,5-7,11H,4,8-10,12-15H2,1-2H3. The fraction of sp³-hybridized carbons (Fsp3) is 0.524. The molecule has 7 nitrogen and oxygen atoms in total. The smallest absolute Gasteiger partial charge is 0.231 e. The van der Waals surface area contributed by atoms with Gasteiger partial charge in [0.2, 0.25) is 11.8 Å². The number of pyridine rings is 1. The van der Waals surface area contributed by atoms with Crippen molar-refractivity contribution in [3.8, 4) is 0 Å². The molecule has 2 aliphatic rings. The van der Waals surface area contributed by atoms with Crippen LogP contribution in [-0.4, -0.2) is 56.0 Å². The van der Waals surface area contributed by atoms with Crippen molar-refractivity contribution in [1.82, 2.24) is 24.6 Å². The molecule has 1 unspecified atom stereocenters. The Morgan fingerprint density at radius 1 is 1.18 bits per heavy atom. The Morgan fingerprint density at radius 3 is 2.79 bits per heavy atom. The first kappa shape index (κ1) is 18.7. The van der Waals surface area contributed by atoms with Crippen LogP contribution in [0.15, 0.2) is 30.5 Å². The number of aromatic nitrogens is 3. The molecule has 1 spiro atoms. The second kappa shape index (κ2) is 7.37. The molecule has 2 aromatic heterocycles. The average Bonchev–Trinajstić information content (AvgIpc) is 3.20. The average molecular weight is 381 g/mol. The Bertz CT molecular complexity index is 892. The van der Waals surface area contributed by atoms with E-state index < -0.39 is 5.41 Å². The molecule has 1 atom stereocenters. The maximum Gasteiger partial charge on any atom is 0.231 e. The van der Waals surface area contributed by atoms with Gasteiger partial charge < -0.3 is 9.80 Å². The Morgan fingerprint density at radius 2 is 2.04 bits per heavy atom. The van der Waals surface area contributed by atoms with Gasteiger partial charge in [-0.1, -0.05) is 6.07 Å². The lowest BCUT2D eigenvalue weighted by Crippen LogP contribution is -2.50. The molecule has 4 rings (SSSR count). The predicted molar refractivity (Wildman–Crippen MR) is 104 cm³/mol.